The molecule has 4 nitrogen and oxygen atoms in total. The van der Waals surface area contributed by atoms with Gasteiger partial charge in [-0.1, -0.05) is 13.8 Å². The minimum atomic E-state index is -0.731. The lowest BCUT2D eigenvalue weighted by molar-refractivity contribution is -0.182. The van der Waals surface area contributed by atoms with Gasteiger partial charge in [0.1, 0.15) is 5.41 Å². The van der Waals surface area contributed by atoms with Crippen LogP contribution in [0.1, 0.15) is 20.3 Å². The van der Waals surface area contributed by atoms with E-state index in [0.29, 0.717) is 25.7 Å². The number of aliphatic carboxylic acids is 1. The molecule has 0 radical (unpaired) electrons. The van der Waals surface area contributed by atoms with Gasteiger partial charge in [-0.3, -0.25) is 4.79 Å². The molecule has 88 valence electrons. The van der Waals surface area contributed by atoms with Crippen LogP contribution in [0.2, 0.25) is 0 Å². The third kappa shape index (κ3) is 3.18. The summed E-state index contributed by atoms with van der Waals surface area (Å²) in [5, 5.41) is 9.10. The molecule has 0 saturated carbocycles. The lowest BCUT2D eigenvalue weighted by Gasteiger charge is -2.40. The van der Waals surface area contributed by atoms with Crippen LogP contribution in [0.5, 0.6) is 0 Å². The Morgan fingerprint density at radius 3 is 2.47 bits per heavy atom. The van der Waals surface area contributed by atoms with Crippen LogP contribution in [0, 0.1) is 11.3 Å². The molecule has 0 aromatic heterocycles. The fraction of sp³-hybridized carbons (Fsp3) is 0.909. The maximum atomic E-state index is 11.1. The standard InChI is InChI=1S/C11H21NO3/c1-9(2)4-5-12(3)6-11(10(13)14)7-15-8-11/h9H,4-8H2,1-3H3,(H,13,14). The second-order valence-corrected chi connectivity index (χ2v) is 5.00. The van der Waals surface area contributed by atoms with E-state index in [1.807, 2.05) is 7.05 Å². The zero-order valence-corrected chi connectivity index (χ0v) is 9.82. The Labute approximate surface area is 91.2 Å². The van der Waals surface area contributed by atoms with E-state index in [-0.39, 0.29) is 0 Å². The maximum Gasteiger partial charge on any atom is 0.315 e. The van der Waals surface area contributed by atoms with Crippen LogP contribution in [0.25, 0.3) is 0 Å². The Hall–Kier alpha value is -0.610. The normalized spacial score (nSPS) is 19.3. The first-order valence-corrected chi connectivity index (χ1v) is 5.46. The van der Waals surface area contributed by atoms with Crippen molar-refractivity contribution >= 4 is 5.97 Å². The second kappa shape index (κ2) is 4.94. The van der Waals surface area contributed by atoms with Crippen LogP contribution in [-0.4, -0.2) is 49.3 Å². The molecule has 0 amide bonds. The van der Waals surface area contributed by atoms with Crippen molar-refractivity contribution in [2.24, 2.45) is 11.3 Å². The topological polar surface area (TPSA) is 49.8 Å². The highest BCUT2D eigenvalue weighted by molar-refractivity contribution is 5.76. The number of rotatable bonds is 6. The van der Waals surface area contributed by atoms with Crippen LogP contribution in [0.3, 0.4) is 0 Å². The Kier molecular flexibility index (Phi) is 4.11. The molecule has 0 aliphatic carbocycles. The van der Waals surface area contributed by atoms with E-state index >= 15 is 0 Å². The molecule has 0 spiro atoms. The van der Waals surface area contributed by atoms with Gasteiger partial charge in [-0.05, 0) is 25.9 Å². The van der Waals surface area contributed by atoms with Gasteiger partial charge in [0.2, 0.25) is 0 Å². The van der Waals surface area contributed by atoms with E-state index in [9.17, 15) is 4.79 Å². The number of ether oxygens (including phenoxy) is 1. The SMILES string of the molecule is CC(C)CCN(C)CC1(C(=O)O)COC1. The van der Waals surface area contributed by atoms with Gasteiger partial charge in [0.15, 0.2) is 0 Å². The molecule has 0 atom stereocenters. The largest absolute Gasteiger partial charge is 0.481 e. The van der Waals surface area contributed by atoms with Crippen molar-refractivity contribution in [3.05, 3.63) is 0 Å². The number of carbonyl (C=O) groups is 1. The summed E-state index contributed by atoms with van der Waals surface area (Å²) in [5.41, 5.74) is -0.647. The molecule has 0 unspecified atom stereocenters. The van der Waals surface area contributed by atoms with Crippen molar-refractivity contribution in [3.63, 3.8) is 0 Å². The molecule has 1 N–H and O–H groups in total. The highest BCUT2D eigenvalue weighted by atomic mass is 16.5. The first-order valence-electron chi connectivity index (χ1n) is 5.46. The molecule has 1 heterocycles. The molecule has 15 heavy (non-hydrogen) atoms. The van der Waals surface area contributed by atoms with E-state index in [1.54, 1.807) is 0 Å². The number of carboxylic acid groups (broad SMARTS) is 1. The lowest BCUT2D eigenvalue weighted by Crippen LogP contribution is -2.55. The zero-order chi connectivity index (χ0) is 11.5. The first-order chi connectivity index (χ1) is 6.96. The predicted molar refractivity (Wildman–Crippen MR) is 57.8 cm³/mol. The average Bonchev–Trinajstić information content (AvgIpc) is 2.07. The van der Waals surface area contributed by atoms with Crippen LogP contribution in [0.4, 0.5) is 0 Å². The molecule has 4 heteroatoms. The van der Waals surface area contributed by atoms with E-state index in [4.69, 9.17) is 9.84 Å². The molecule has 1 aliphatic rings. The van der Waals surface area contributed by atoms with E-state index in [2.05, 4.69) is 18.7 Å². The Balaban J connectivity index is 2.35. The van der Waals surface area contributed by atoms with Crippen molar-refractivity contribution in [2.45, 2.75) is 20.3 Å². The molecule has 0 aromatic rings. The third-order valence-corrected chi connectivity index (χ3v) is 2.87. The smallest absolute Gasteiger partial charge is 0.315 e. The van der Waals surface area contributed by atoms with Gasteiger partial charge in [0, 0.05) is 6.54 Å². The summed E-state index contributed by atoms with van der Waals surface area (Å²) in [7, 11) is 1.98. The Morgan fingerprint density at radius 1 is 1.53 bits per heavy atom. The monoisotopic (exact) mass is 215 g/mol. The predicted octanol–water partition coefficient (Wildman–Crippen LogP) is 1.07. The summed E-state index contributed by atoms with van der Waals surface area (Å²) in [4.78, 5) is 13.2. The summed E-state index contributed by atoms with van der Waals surface area (Å²) >= 11 is 0. The summed E-state index contributed by atoms with van der Waals surface area (Å²) in [6, 6.07) is 0. The van der Waals surface area contributed by atoms with Gasteiger partial charge in [-0.25, -0.2) is 0 Å². The second-order valence-electron chi connectivity index (χ2n) is 5.00. The molecule has 1 fully saturated rings. The number of hydrogen-bond acceptors (Lipinski definition) is 3. The highest BCUT2D eigenvalue weighted by Gasteiger charge is 2.46. The summed E-state index contributed by atoms with van der Waals surface area (Å²) in [6.07, 6.45) is 1.10. The van der Waals surface area contributed by atoms with Crippen LogP contribution in [0.15, 0.2) is 0 Å². The molecule has 1 aliphatic heterocycles. The maximum absolute atomic E-state index is 11.1. The van der Waals surface area contributed by atoms with E-state index < -0.39 is 11.4 Å². The molecule has 1 saturated heterocycles. The van der Waals surface area contributed by atoms with Gasteiger partial charge < -0.3 is 14.7 Å². The summed E-state index contributed by atoms with van der Waals surface area (Å²) < 4.78 is 5.02. The Morgan fingerprint density at radius 2 is 2.13 bits per heavy atom. The first kappa shape index (κ1) is 12.5. The summed E-state index contributed by atoms with van der Waals surface area (Å²) in [5.74, 6) is -0.0731. The van der Waals surface area contributed by atoms with Gasteiger partial charge in [-0.2, -0.15) is 0 Å². The number of carboxylic acids is 1. The average molecular weight is 215 g/mol. The van der Waals surface area contributed by atoms with Crippen LogP contribution >= 0.6 is 0 Å². The fourth-order valence-electron chi connectivity index (χ4n) is 1.71. The van der Waals surface area contributed by atoms with Gasteiger partial charge >= 0.3 is 5.97 Å². The van der Waals surface area contributed by atoms with Crippen LogP contribution in [-0.2, 0) is 9.53 Å². The molecule has 0 aromatic carbocycles. The van der Waals surface area contributed by atoms with Gasteiger partial charge in [0.25, 0.3) is 0 Å². The van der Waals surface area contributed by atoms with Gasteiger partial charge in [0.05, 0.1) is 13.2 Å². The molecule has 1 rings (SSSR count). The lowest BCUT2D eigenvalue weighted by atomic mass is 9.85. The van der Waals surface area contributed by atoms with Crippen molar-refractivity contribution < 1.29 is 14.6 Å². The molecular weight excluding hydrogens is 194 g/mol. The van der Waals surface area contributed by atoms with E-state index in [0.717, 1.165) is 13.0 Å². The van der Waals surface area contributed by atoms with Gasteiger partial charge in [-0.15, -0.1) is 0 Å². The minimum Gasteiger partial charge on any atom is -0.481 e. The Bertz CT molecular complexity index is 224. The van der Waals surface area contributed by atoms with Crippen molar-refractivity contribution in [1.82, 2.24) is 4.90 Å². The van der Waals surface area contributed by atoms with E-state index in [1.165, 1.54) is 0 Å². The summed E-state index contributed by atoms with van der Waals surface area (Å²) in [6.45, 7) is 6.60. The molecule has 0 bridgehead atoms. The highest BCUT2D eigenvalue weighted by Crippen LogP contribution is 2.28. The van der Waals surface area contributed by atoms with Crippen molar-refractivity contribution in [1.29, 1.82) is 0 Å². The zero-order valence-electron chi connectivity index (χ0n) is 9.82. The van der Waals surface area contributed by atoms with Crippen molar-refractivity contribution in [2.75, 3.05) is 33.4 Å². The third-order valence-electron chi connectivity index (χ3n) is 2.87. The molecular formula is C11H21NO3. The van der Waals surface area contributed by atoms with Crippen LogP contribution < -0.4 is 0 Å². The fourth-order valence-corrected chi connectivity index (χ4v) is 1.71. The quantitative estimate of drug-likeness (QED) is 0.720. The van der Waals surface area contributed by atoms with Crippen molar-refractivity contribution in [3.8, 4) is 0 Å². The number of hydrogen-bond donors (Lipinski definition) is 1. The number of nitrogens with zero attached hydrogens (tertiary/aromatic N) is 1. The minimum absolute atomic E-state index is 0.356.